The number of fused-ring (bicyclic) bond motifs is 1. The third kappa shape index (κ3) is 2.29. The van der Waals surface area contributed by atoms with Gasteiger partial charge in [-0.25, -0.2) is 4.39 Å². The molecule has 1 aliphatic rings. The Bertz CT molecular complexity index is 569. The Balaban J connectivity index is 2.02. The molecule has 1 aromatic carbocycles. The second kappa shape index (κ2) is 4.63. The van der Waals surface area contributed by atoms with Gasteiger partial charge in [0.05, 0.1) is 0 Å². The minimum Gasteiger partial charge on any atom is -0.309 e. The molecule has 18 heavy (non-hydrogen) atoms. The van der Waals surface area contributed by atoms with Crippen LogP contribution in [-0.2, 0) is 6.54 Å². The van der Waals surface area contributed by atoms with Crippen LogP contribution in [0.1, 0.15) is 43.0 Å². The first kappa shape index (κ1) is 12.1. The van der Waals surface area contributed by atoms with Crippen LogP contribution in [0.5, 0.6) is 0 Å². The van der Waals surface area contributed by atoms with E-state index in [1.54, 1.807) is 23.5 Å². The third-order valence-corrected chi connectivity index (χ3v) is 4.66. The normalized spacial score (nSPS) is 15.8. The molecule has 2 aromatic rings. The van der Waals surface area contributed by atoms with Gasteiger partial charge >= 0.3 is 0 Å². The molecule has 0 radical (unpaired) electrons. The van der Waals surface area contributed by atoms with Crippen molar-refractivity contribution in [2.75, 3.05) is 0 Å². The lowest BCUT2D eigenvalue weighted by Crippen LogP contribution is -2.15. The SMILES string of the molecule is CC(C)c1c(CNC2CC2)sc2ccc(F)cc12. The average molecular weight is 263 g/mol. The van der Waals surface area contributed by atoms with Gasteiger partial charge in [-0.05, 0) is 47.9 Å². The summed E-state index contributed by atoms with van der Waals surface area (Å²) < 4.78 is 14.6. The molecule has 1 fully saturated rings. The van der Waals surface area contributed by atoms with E-state index in [9.17, 15) is 4.39 Å². The van der Waals surface area contributed by atoms with Gasteiger partial charge in [0.2, 0.25) is 0 Å². The van der Waals surface area contributed by atoms with E-state index in [0.717, 1.165) is 11.9 Å². The average Bonchev–Trinajstić information content (AvgIpc) is 3.07. The Morgan fingerprint density at radius 2 is 2.17 bits per heavy atom. The Hall–Kier alpha value is -0.930. The summed E-state index contributed by atoms with van der Waals surface area (Å²) in [5.41, 5.74) is 1.32. The highest BCUT2D eigenvalue weighted by Gasteiger charge is 2.22. The van der Waals surface area contributed by atoms with Crippen LogP contribution in [0.25, 0.3) is 10.1 Å². The van der Waals surface area contributed by atoms with Crippen molar-refractivity contribution >= 4 is 21.4 Å². The van der Waals surface area contributed by atoms with Crippen LogP contribution in [0.15, 0.2) is 18.2 Å². The second-order valence-electron chi connectivity index (χ2n) is 5.39. The number of hydrogen-bond donors (Lipinski definition) is 1. The topological polar surface area (TPSA) is 12.0 Å². The molecular weight excluding hydrogens is 245 g/mol. The van der Waals surface area contributed by atoms with Gasteiger partial charge in [0.1, 0.15) is 5.82 Å². The Morgan fingerprint density at radius 1 is 1.39 bits per heavy atom. The third-order valence-electron chi connectivity index (χ3n) is 3.47. The first-order chi connectivity index (χ1) is 8.65. The number of benzene rings is 1. The van der Waals surface area contributed by atoms with Gasteiger partial charge in [0.25, 0.3) is 0 Å². The van der Waals surface area contributed by atoms with Crippen LogP contribution in [0.4, 0.5) is 4.39 Å². The molecule has 1 saturated carbocycles. The van der Waals surface area contributed by atoms with Crippen molar-refractivity contribution in [2.24, 2.45) is 0 Å². The molecule has 0 unspecified atom stereocenters. The van der Waals surface area contributed by atoms with Gasteiger partial charge in [0, 0.05) is 22.2 Å². The lowest BCUT2D eigenvalue weighted by atomic mass is 9.99. The molecule has 1 N–H and O–H groups in total. The van der Waals surface area contributed by atoms with Crippen LogP contribution < -0.4 is 5.32 Å². The van der Waals surface area contributed by atoms with Crippen LogP contribution in [0.3, 0.4) is 0 Å². The molecule has 0 aliphatic heterocycles. The molecule has 0 amide bonds. The minimum absolute atomic E-state index is 0.135. The predicted octanol–water partition coefficient (Wildman–Crippen LogP) is 4.42. The van der Waals surface area contributed by atoms with Crippen LogP contribution in [0, 0.1) is 5.82 Å². The zero-order chi connectivity index (χ0) is 12.7. The highest BCUT2D eigenvalue weighted by Crippen LogP contribution is 2.37. The lowest BCUT2D eigenvalue weighted by Gasteiger charge is -2.09. The van der Waals surface area contributed by atoms with Gasteiger partial charge in [-0.15, -0.1) is 11.3 Å². The molecule has 96 valence electrons. The van der Waals surface area contributed by atoms with Gasteiger partial charge in [-0.3, -0.25) is 0 Å². The summed E-state index contributed by atoms with van der Waals surface area (Å²) in [5, 5.41) is 4.66. The van der Waals surface area contributed by atoms with Crippen molar-refractivity contribution < 1.29 is 4.39 Å². The molecule has 0 bridgehead atoms. The molecule has 1 aliphatic carbocycles. The van der Waals surface area contributed by atoms with Gasteiger partial charge in [0.15, 0.2) is 0 Å². The van der Waals surface area contributed by atoms with E-state index < -0.39 is 0 Å². The van der Waals surface area contributed by atoms with Gasteiger partial charge < -0.3 is 5.32 Å². The summed E-state index contributed by atoms with van der Waals surface area (Å²) in [6.07, 6.45) is 2.60. The van der Waals surface area contributed by atoms with E-state index in [4.69, 9.17) is 0 Å². The number of nitrogens with one attached hydrogen (secondary N) is 1. The molecule has 3 heteroatoms. The Labute approximate surface area is 111 Å². The maximum atomic E-state index is 13.4. The Morgan fingerprint density at radius 3 is 2.83 bits per heavy atom. The standard InChI is InChI=1S/C15H18FNS/c1-9(2)15-12-7-10(16)3-6-13(12)18-14(15)8-17-11-4-5-11/h3,6-7,9,11,17H,4-5,8H2,1-2H3. The molecule has 0 atom stereocenters. The van der Waals surface area contributed by atoms with E-state index in [1.807, 2.05) is 6.07 Å². The second-order valence-corrected chi connectivity index (χ2v) is 6.53. The van der Waals surface area contributed by atoms with Gasteiger partial charge in [-0.2, -0.15) is 0 Å². The smallest absolute Gasteiger partial charge is 0.123 e. The quantitative estimate of drug-likeness (QED) is 0.861. The van der Waals surface area contributed by atoms with Crippen molar-refractivity contribution in [1.82, 2.24) is 5.32 Å². The van der Waals surface area contributed by atoms with Crippen molar-refractivity contribution in [3.8, 4) is 0 Å². The largest absolute Gasteiger partial charge is 0.309 e. The molecule has 1 heterocycles. The highest BCUT2D eigenvalue weighted by molar-refractivity contribution is 7.19. The van der Waals surface area contributed by atoms with Gasteiger partial charge in [-0.1, -0.05) is 13.8 Å². The fraction of sp³-hybridized carbons (Fsp3) is 0.467. The summed E-state index contributed by atoms with van der Waals surface area (Å²) in [6.45, 7) is 5.30. The number of thiophene rings is 1. The lowest BCUT2D eigenvalue weighted by molar-refractivity contribution is 0.629. The van der Waals surface area contributed by atoms with Crippen molar-refractivity contribution in [3.05, 3.63) is 34.5 Å². The number of hydrogen-bond acceptors (Lipinski definition) is 2. The molecule has 1 nitrogen and oxygen atoms in total. The fourth-order valence-electron chi connectivity index (χ4n) is 2.43. The summed E-state index contributed by atoms with van der Waals surface area (Å²) >= 11 is 1.80. The summed E-state index contributed by atoms with van der Waals surface area (Å²) in [7, 11) is 0. The number of rotatable bonds is 4. The molecule has 0 saturated heterocycles. The van der Waals surface area contributed by atoms with Crippen molar-refractivity contribution in [3.63, 3.8) is 0 Å². The molecule has 1 aromatic heterocycles. The van der Waals surface area contributed by atoms with Crippen molar-refractivity contribution in [1.29, 1.82) is 0 Å². The first-order valence-electron chi connectivity index (χ1n) is 6.59. The highest BCUT2D eigenvalue weighted by atomic mass is 32.1. The molecule has 0 spiro atoms. The summed E-state index contributed by atoms with van der Waals surface area (Å²) in [5.74, 6) is 0.306. The molecular formula is C15H18FNS. The monoisotopic (exact) mass is 263 g/mol. The zero-order valence-corrected chi connectivity index (χ0v) is 11.6. The van der Waals surface area contributed by atoms with Crippen LogP contribution >= 0.6 is 11.3 Å². The summed E-state index contributed by atoms with van der Waals surface area (Å²) in [4.78, 5) is 1.37. The van der Waals surface area contributed by atoms with E-state index >= 15 is 0 Å². The number of halogens is 1. The van der Waals surface area contributed by atoms with Crippen molar-refractivity contribution in [2.45, 2.75) is 45.2 Å². The maximum absolute atomic E-state index is 13.4. The van der Waals surface area contributed by atoms with Crippen LogP contribution in [0.2, 0.25) is 0 Å². The molecule has 3 rings (SSSR count). The Kier molecular flexibility index (Phi) is 3.12. The van der Waals surface area contributed by atoms with E-state index in [2.05, 4.69) is 19.2 Å². The first-order valence-corrected chi connectivity index (χ1v) is 7.41. The van der Waals surface area contributed by atoms with E-state index in [0.29, 0.717) is 12.0 Å². The maximum Gasteiger partial charge on any atom is 0.123 e. The predicted molar refractivity (Wildman–Crippen MR) is 75.7 cm³/mol. The summed E-state index contributed by atoms with van der Waals surface area (Å²) in [6, 6.07) is 5.86. The van der Waals surface area contributed by atoms with E-state index in [1.165, 1.54) is 28.0 Å². The minimum atomic E-state index is -0.135. The van der Waals surface area contributed by atoms with E-state index in [-0.39, 0.29) is 5.82 Å². The fourth-order valence-corrected chi connectivity index (χ4v) is 3.72. The van der Waals surface area contributed by atoms with Crippen LogP contribution in [-0.4, -0.2) is 6.04 Å². The zero-order valence-electron chi connectivity index (χ0n) is 10.8.